The Balaban J connectivity index is 2.30. The van der Waals surface area contributed by atoms with E-state index in [1.165, 1.54) is 0 Å². The van der Waals surface area contributed by atoms with Gasteiger partial charge in [0, 0.05) is 12.6 Å². The Labute approximate surface area is 109 Å². The molecule has 0 bridgehead atoms. The van der Waals surface area contributed by atoms with Crippen molar-refractivity contribution < 1.29 is 8.42 Å². The summed E-state index contributed by atoms with van der Waals surface area (Å²) < 4.78 is 27.6. The highest BCUT2D eigenvalue weighted by atomic mass is 32.2. The van der Waals surface area contributed by atoms with E-state index in [1.807, 2.05) is 19.9 Å². The average molecular weight is 268 g/mol. The van der Waals surface area contributed by atoms with E-state index in [-0.39, 0.29) is 5.54 Å². The summed E-state index contributed by atoms with van der Waals surface area (Å²) in [5.74, 6) is 0.453. The Morgan fingerprint density at radius 1 is 1.22 bits per heavy atom. The van der Waals surface area contributed by atoms with Gasteiger partial charge in [-0.25, -0.2) is 13.1 Å². The molecule has 0 aromatic heterocycles. The first-order chi connectivity index (χ1) is 8.37. The smallest absolute Gasteiger partial charge is 0.243 e. The molecule has 0 atom stereocenters. The zero-order valence-corrected chi connectivity index (χ0v) is 11.8. The fourth-order valence-corrected chi connectivity index (χ4v) is 3.88. The fourth-order valence-electron chi connectivity index (χ4n) is 2.20. The van der Waals surface area contributed by atoms with Crippen LogP contribution in [0.4, 0.5) is 5.69 Å². The van der Waals surface area contributed by atoms with Crippen molar-refractivity contribution in [1.82, 2.24) is 4.72 Å². The highest BCUT2D eigenvalue weighted by Crippen LogP contribution is 2.40. The van der Waals surface area contributed by atoms with E-state index in [0.717, 1.165) is 12.8 Å². The zero-order chi connectivity index (χ0) is 13.4. The summed E-state index contributed by atoms with van der Waals surface area (Å²) in [6.07, 6.45) is 2.20. The van der Waals surface area contributed by atoms with Gasteiger partial charge in [0.05, 0.1) is 5.69 Å². The molecule has 1 aliphatic carbocycles. The van der Waals surface area contributed by atoms with E-state index in [1.54, 1.807) is 25.2 Å². The minimum atomic E-state index is -3.48. The van der Waals surface area contributed by atoms with Crippen molar-refractivity contribution in [1.29, 1.82) is 0 Å². The van der Waals surface area contributed by atoms with Crippen LogP contribution in [0.5, 0.6) is 0 Å². The van der Waals surface area contributed by atoms with Gasteiger partial charge in [0.2, 0.25) is 10.0 Å². The molecule has 5 heteroatoms. The van der Waals surface area contributed by atoms with E-state index in [0.29, 0.717) is 16.5 Å². The SMILES string of the molecule is CNc1ccccc1S(=O)(=O)NC(C)(C)C1CC1. The lowest BCUT2D eigenvalue weighted by Crippen LogP contribution is -2.45. The van der Waals surface area contributed by atoms with Crippen LogP contribution in [0, 0.1) is 5.92 Å². The first-order valence-electron chi connectivity index (χ1n) is 6.17. The van der Waals surface area contributed by atoms with Crippen molar-refractivity contribution in [3.63, 3.8) is 0 Å². The molecule has 1 aromatic carbocycles. The van der Waals surface area contributed by atoms with Gasteiger partial charge < -0.3 is 5.32 Å². The Morgan fingerprint density at radius 2 is 1.83 bits per heavy atom. The van der Waals surface area contributed by atoms with Gasteiger partial charge in [-0.05, 0) is 44.7 Å². The number of benzene rings is 1. The van der Waals surface area contributed by atoms with Gasteiger partial charge in [-0.15, -0.1) is 0 Å². The number of sulfonamides is 1. The predicted octanol–water partition coefficient (Wildman–Crippen LogP) is 2.20. The van der Waals surface area contributed by atoms with Crippen LogP contribution in [0.15, 0.2) is 29.2 Å². The predicted molar refractivity (Wildman–Crippen MR) is 73.1 cm³/mol. The molecule has 0 amide bonds. The number of nitrogens with one attached hydrogen (secondary N) is 2. The first kappa shape index (κ1) is 13.4. The summed E-state index contributed by atoms with van der Waals surface area (Å²) in [4.78, 5) is 0.307. The number of hydrogen-bond acceptors (Lipinski definition) is 3. The van der Waals surface area contributed by atoms with Crippen molar-refractivity contribution in [2.75, 3.05) is 12.4 Å². The van der Waals surface area contributed by atoms with Crippen LogP contribution in [0.1, 0.15) is 26.7 Å². The third-order valence-corrected chi connectivity index (χ3v) is 5.17. The minimum Gasteiger partial charge on any atom is -0.387 e. The third kappa shape index (κ3) is 2.67. The molecule has 2 rings (SSSR count). The molecule has 0 radical (unpaired) electrons. The lowest BCUT2D eigenvalue weighted by molar-refractivity contribution is 0.400. The minimum absolute atomic E-state index is 0.307. The first-order valence-corrected chi connectivity index (χ1v) is 7.66. The van der Waals surface area contributed by atoms with E-state index >= 15 is 0 Å². The van der Waals surface area contributed by atoms with Crippen molar-refractivity contribution in [2.24, 2.45) is 5.92 Å². The summed E-state index contributed by atoms with van der Waals surface area (Å²) in [5.41, 5.74) is 0.247. The quantitative estimate of drug-likeness (QED) is 0.860. The number of rotatable bonds is 5. The van der Waals surface area contributed by atoms with Crippen LogP contribution in [0.3, 0.4) is 0 Å². The summed E-state index contributed by atoms with van der Waals surface area (Å²) in [7, 11) is -1.76. The van der Waals surface area contributed by atoms with E-state index in [9.17, 15) is 8.42 Å². The van der Waals surface area contributed by atoms with E-state index < -0.39 is 10.0 Å². The van der Waals surface area contributed by atoms with Gasteiger partial charge >= 0.3 is 0 Å². The highest BCUT2D eigenvalue weighted by Gasteiger charge is 2.40. The zero-order valence-electron chi connectivity index (χ0n) is 11.0. The molecule has 0 spiro atoms. The molecule has 0 saturated heterocycles. The van der Waals surface area contributed by atoms with Crippen LogP contribution >= 0.6 is 0 Å². The molecule has 100 valence electrons. The fraction of sp³-hybridized carbons (Fsp3) is 0.538. The van der Waals surface area contributed by atoms with Crippen LogP contribution in [0.25, 0.3) is 0 Å². The molecule has 1 fully saturated rings. The van der Waals surface area contributed by atoms with Gasteiger partial charge in [0.25, 0.3) is 0 Å². The Bertz CT molecular complexity index is 534. The molecular weight excluding hydrogens is 248 g/mol. The normalized spacial score (nSPS) is 16.6. The van der Waals surface area contributed by atoms with Crippen molar-refractivity contribution in [3.8, 4) is 0 Å². The lowest BCUT2D eigenvalue weighted by atomic mass is 10.0. The standard InChI is InChI=1S/C13H20N2O2S/c1-13(2,10-8-9-10)15-18(16,17)12-7-5-4-6-11(12)14-3/h4-7,10,14-15H,8-9H2,1-3H3. The second-order valence-electron chi connectivity index (χ2n) is 5.35. The maximum Gasteiger partial charge on any atom is 0.243 e. The largest absolute Gasteiger partial charge is 0.387 e. The summed E-state index contributed by atoms with van der Waals surface area (Å²) >= 11 is 0. The van der Waals surface area contributed by atoms with E-state index in [4.69, 9.17) is 0 Å². The number of anilines is 1. The Kier molecular flexibility index (Phi) is 3.38. The van der Waals surface area contributed by atoms with Gasteiger partial charge in [-0.3, -0.25) is 0 Å². The molecule has 0 heterocycles. The van der Waals surface area contributed by atoms with Crippen LogP contribution in [-0.2, 0) is 10.0 Å². The second-order valence-corrected chi connectivity index (χ2v) is 7.00. The third-order valence-electron chi connectivity index (χ3n) is 3.44. The molecule has 0 unspecified atom stereocenters. The summed E-state index contributed by atoms with van der Waals surface area (Å²) in [5, 5.41) is 2.91. The Hall–Kier alpha value is -1.07. The van der Waals surface area contributed by atoms with Gasteiger partial charge in [-0.1, -0.05) is 12.1 Å². The monoisotopic (exact) mass is 268 g/mol. The van der Waals surface area contributed by atoms with Crippen LogP contribution in [-0.4, -0.2) is 21.0 Å². The molecule has 1 saturated carbocycles. The van der Waals surface area contributed by atoms with E-state index in [2.05, 4.69) is 10.0 Å². The summed E-state index contributed by atoms with van der Waals surface area (Å²) in [6.45, 7) is 3.90. The Morgan fingerprint density at radius 3 is 2.39 bits per heavy atom. The molecule has 1 aromatic rings. The van der Waals surface area contributed by atoms with Crippen molar-refractivity contribution in [3.05, 3.63) is 24.3 Å². The highest BCUT2D eigenvalue weighted by molar-refractivity contribution is 7.89. The van der Waals surface area contributed by atoms with Crippen molar-refractivity contribution in [2.45, 2.75) is 37.1 Å². The maximum absolute atomic E-state index is 12.4. The van der Waals surface area contributed by atoms with Crippen LogP contribution in [0.2, 0.25) is 0 Å². The lowest BCUT2D eigenvalue weighted by Gasteiger charge is -2.26. The molecular formula is C13H20N2O2S. The average Bonchev–Trinajstić information content (AvgIpc) is 3.11. The van der Waals surface area contributed by atoms with Crippen molar-refractivity contribution >= 4 is 15.7 Å². The second kappa shape index (κ2) is 4.55. The number of hydrogen-bond donors (Lipinski definition) is 2. The van der Waals surface area contributed by atoms with Gasteiger partial charge in [0.15, 0.2) is 0 Å². The topological polar surface area (TPSA) is 58.2 Å². The summed E-state index contributed by atoms with van der Waals surface area (Å²) in [6, 6.07) is 6.94. The van der Waals surface area contributed by atoms with Gasteiger partial charge in [0.1, 0.15) is 4.90 Å². The van der Waals surface area contributed by atoms with Gasteiger partial charge in [-0.2, -0.15) is 0 Å². The molecule has 2 N–H and O–H groups in total. The molecule has 0 aliphatic heterocycles. The molecule has 4 nitrogen and oxygen atoms in total. The number of para-hydroxylation sites is 1. The van der Waals surface area contributed by atoms with Crippen LogP contribution < -0.4 is 10.0 Å². The maximum atomic E-state index is 12.4. The molecule has 1 aliphatic rings. The molecule has 18 heavy (non-hydrogen) atoms.